The molecule has 1 saturated heterocycles. The van der Waals surface area contributed by atoms with Crippen molar-refractivity contribution in [3.63, 3.8) is 0 Å². The zero-order valence-corrected chi connectivity index (χ0v) is 10.9. The van der Waals surface area contributed by atoms with Gasteiger partial charge in [-0.15, -0.1) is 0 Å². The highest BCUT2D eigenvalue weighted by Gasteiger charge is 2.39. The Morgan fingerprint density at radius 2 is 1.75 bits per heavy atom. The molecule has 3 heteroatoms. The lowest BCUT2D eigenvalue weighted by atomic mass is 9.96. The molecule has 0 N–H and O–H groups in total. The van der Waals surface area contributed by atoms with Crippen molar-refractivity contribution in [3.05, 3.63) is 16.9 Å². The number of hydrogen-bond acceptors (Lipinski definition) is 3. The molecule has 92 valence electrons. The second-order valence-corrected chi connectivity index (χ2v) is 6.16. The molecule has 0 radical (unpaired) electrons. The monoisotopic (exact) mass is 223 g/mol. The molecular weight excluding hydrogens is 200 g/mol. The van der Waals surface area contributed by atoms with Crippen LogP contribution in [0.4, 0.5) is 0 Å². The Hall–Kier alpha value is -0.380. The van der Waals surface area contributed by atoms with Crippen molar-refractivity contribution < 1.29 is 0 Å². The summed E-state index contributed by atoms with van der Waals surface area (Å²) in [5.74, 6) is 0. The van der Waals surface area contributed by atoms with E-state index in [1.54, 1.807) is 0 Å². The van der Waals surface area contributed by atoms with Gasteiger partial charge in [-0.3, -0.25) is 4.90 Å². The minimum absolute atomic E-state index is 0.341. The first kappa shape index (κ1) is 12.1. The van der Waals surface area contributed by atoms with E-state index in [1.807, 2.05) is 27.7 Å². The van der Waals surface area contributed by atoms with Gasteiger partial charge >= 0.3 is 0 Å². The van der Waals surface area contributed by atoms with E-state index in [9.17, 15) is 5.21 Å². The SMILES string of the molecule is CC1(C)C=C(CN2CCCC2)C(C)(C)N1[O-]. The fourth-order valence-corrected chi connectivity index (χ4v) is 2.93. The van der Waals surface area contributed by atoms with Crippen LogP contribution in [0.3, 0.4) is 0 Å². The van der Waals surface area contributed by atoms with Crippen molar-refractivity contribution in [2.24, 2.45) is 0 Å². The van der Waals surface area contributed by atoms with Crippen molar-refractivity contribution in [2.75, 3.05) is 19.6 Å². The Bertz CT molecular complexity index is 301. The highest BCUT2D eigenvalue weighted by atomic mass is 16.5. The van der Waals surface area contributed by atoms with Crippen LogP contribution in [0, 0.1) is 5.21 Å². The van der Waals surface area contributed by atoms with Crippen LogP contribution >= 0.6 is 0 Å². The third-order valence-electron chi connectivity index (χ3n) is 3.94. The van der Waals surface area contributed by atoms with Gasteiger partial charge in [-0.2, -0.15) is 0 Å². The number of hydroxylamine groups is 2. The summed E-state index contributed by atoms with van der Waals surface area (Å²) in [6, 6.07) is 0. The van der Waals surface area contributed by atoms with Crippen molar-refractivity contribution in [3.8, 4) is 0 Å². The first-order chi connectivity index (χ1) is 7.34. The fraction of sp³-hybridized carbons (Fsp3) is 0.846. The predicted molar refractivity (Wildman–Crippen MR) is 67.1 cm³/mol. The summed E-state index contributed by atoms with van der Waals surface area (Å²) in [4.78, 5) is 2.46. The molecule has 0 aromatic heterocycles. The van der Waals surface area contributed by atoms with Gasteiger partial charge in [0, 0.05) is 17.6 Å². The van der Waals surface area contributed by atoms with Crippen molar-refractivity contribution >= 4 is 0 Å². The molecule has 3 nitrogen and oxygen atoms in total. The summed E-state index contributed by atoms with van der Waals surface area (Å²) in [7, 11) is 0. The van der Waals surface area contributed by atoms with Gasteiger partial charge in [0.15, 0.2) is 0 Å². The molecule has 0 amide bonds. The van der Waals surface area contributed by atoms with Crippen LogP contribution in [-0.2, 0) is 0 Å². The molecule has 16 heavy (non-hydrogen) atoms. The number of hydrogen-bond donors (Lipinski definition) is 0. The minimum Gasteiger partial charge on any atom is -0.784 e. The average Bonchev–Trinajstić information content (AvgIpc) is 2.72. The lowest BCUT2D eigenvalue weighted by Crippen LogP contribution is -2.47. The maximum atomic E-state index is 12.2. The minimum atomic E-state index is -0.349. The molecule has 0 aromatic carbocycles. The van der Waals surface area contributed by atoms with Gasteiger partial charge < -0.3 is 10.3 Å². The number of likely N-dealkylation sites (tertiary alicyclic amines) is 1. The Morgan fingerprint density at radius 3 is 2.19 bits per heavy atom. The van der Waals surface area contributed by atoms with Crippen LogP contribution in [-0.4, -0.2) is 40.7 Å². The second kappa shape index (κ2) is 3.83. The van der Waals surface area contributed by atoms with Crippen LogP contribution in [0.15, 0.2) is 11.6 Å². The number of nitrogens with zero attached hydrogens (tertiary/aromatic N) is 2. The summed E-state index contributed by atoms with van der Waals surface area (Å²) in [6.07, 6.45) is 4.77. The molecule has 0 spiro atoms. The van der Waals surface area contributed by atoms with Crippen LogP contribution in [0.5, 0.6) is 0 Å². The Labute approximate surface area is 98.7 Å². The molecule has 0 aliphatic carbocycles. The molecule has 1 fully saturated rings. The van der Waals surface area contributed by atoms with Gasteiger partial charge in [-0.1, -0.05) is 6.08 Å². The maximum absolute atomic E-state index is 12.2. The van der Waals surface area contributed by atoms with Crippen molar-refractivity contribution in [2.45, 2.75) is 51.6 Å². The Kier molecular flexibility index (Phi) is 2.89. The van der Waals surface area contributed by atoms with E-state index in [0.29, 0.717) is 0 Å². The van der Waals surface area contributed by atoms with Crippen LogP contribution < -0.4 is 0 Å². The molecule has 2 aliphatic rings. The standard InChI is InChI=1S/C13H23N2O/c1-12(2)9-11(13(3,4)15(12)16)10-14-7-5-6-8-14/h9H,5-8,10H2,1-4H3/q-1. The second-order valence-electron chi connectivity index (χ2n) is 6.16. The van der Waals surface area contributed by atoms with E-state index in [4.69, 9.17) is 0 Å². The van der Waals surface area contributed by atoms with E-state index in [-0.39, 0.29) is 11.1 Å². The molecule has 0 bridgehead atoms. The molecule has 0 unspecified atom stereocenters. The van der Waals surface area contributed by atoms with Crippen molar-refractivity contribution in [1.29, 1.82) is 0 Å². The molecule has 2 aliphatic heterocycles. The fourth-order valence-electron chi connectivity index (χ4n) is 2.93. The van der Waals surface area contributed by atoms with E-state index in [0.717, 1.165) is 6.54 Å². The van der Waals surface area contributed by atoms with E-state index in [2.05, 4.69) is 11.0 Å². The summed E-state index contributed by atoms with van der Waals surface area (Å²) in [5, 5.41) is 13.4. The third kappa shape index (κ3) is 1.92. The third-order valence-corrected chi connectivity index (χ3v) is 3.94. The number of rotatable bonds is 2. The largest absolute Gasteiger partial charge is 0.784 e. The lowest BCUT2D eigenvalue weighted by Gasteiger charge is -2.48. The van der Waals surface area contributed by atoms with Crippen LogP contribution in [0.1, 0.15) is 40.5 Å². The zero-order chi connectivity index (χ0) is 12.0. The molecule has 0 atom stereocenters. The summed E-state index contributed by atoms with van der Waals surface area (Å²) < 4.78 is 0. The lowest BCUT2D eigenvalue weighted by molar-refractivity contribution is 0.153. The first-order valence-electron chi connectivity index (χ1n) is 6.26. The summed E-state index contributed by atoms with van der Waals surface area (Å²) in [5.41, 5.74) is 0.597. The molecular formula is C13H23N2O-. The average molecular weight is 223 g/mol. The van der Waals surface area contributed by atoms with E-state index >= 15 is 0 Å². The van der Waals surface area contributed by atoms with Crippen LogP contribution in [0.25, 0.3) is 0 Å². The van der Waals surface area contributed by atoms with Gasteiger partial charge in [0.1, 0.15) is 0 Å². The van der Waals surface area contributed by atoms with Crippen LogP contribution in [0.2, 0.25) is 0 Å². The topological polar surface area (TPSA) is 29.5 Å². The molecule has 2 heterocycles. The van der Waals surface area contributed by atoms with E-state index < -0.39 is 0 Å². The first-order valence-corrected chi connectivity index (χ1v) is 6.26. The highest BCUT2D eigenvalue weighted by Crippen LogP contribution is 2.39. The van der Waals surface area contributed by atoms with Gasteiger partial charge in [-0.05, 0) is 59.2 Å². The highest BCUT2D eigenvalue weighted by molar-refractivity contribution is 5.32. The summed E-state index contributed by atoms with van der Waals surface area (Å²) >= 11 is 0. The normalized spacial score (nSPS) is 29.7. The zero-order valence-electron chi connectivity index (χ0n) is 10.9. The predicted octanol–water partition coefficient (Wildman–Crippen LogP) is 2.38. The van der Waals surface area contributed by atoms with Gasteiger partial charge in [0.2, 0.25) is 0 Å². The smallest absolute Gasteiger partial charge is 0.0267 e. The Morgan fingerprint density at radius 1 is 1.19 bits per heavy atom. The molecule has 2 rings (SSSR count). The maximum Gasteiger partial charge on any atom is 0.0267 e. The Balaban J connectivity index is 2.13. The molecule has 0 saturated carbocycles. The van der Waals surface area contributed by atoms with Gasteiger partial charge in [0.25, 0.3) is 0 Å². The summed E-state index contributed by atoms with van der Waals surface area (Å²) in [6.45, 7) is 11.4. The van der Waals surface area contributed by atoms with Gasteiger partial charge in [0.05, 0.1) is 0 Å². The van der Waals surface area contributed by atoms with Gasteiger partial charge in [-0.25, -0.2) is 0 Å². The molecule has 0 aromatic rings. The quantitative estimate of drug-likeness (QED) is 0.673. The van der Waals surface area contributed by atoms with Crippen molar-refractivity contribution in [1.82, 2.24) is 9.96 Å². The van der Waals surface area contributed by atoms with E-state index in [1.165, 1.54) is 36.6 Å².